The van der Waals surface area contributed by atoms with Crippen molar-refractivity contribution in [2.45, 2.75) is 19.8 Å². The summed E-state index contributed by atoms with van der Waals surface area (Å²) in [5.74, 6) is 0.747. The molecule has 1 aliphatic rings. The van der Waals surface area contributed by atoms with E-state index >= 15 is 0 Å². The summed E-state index contributed by atoms with van der Waals surface area (Å²) in [5, 5.41) is 0.853. The number of carbonyl (C=O) groups is 2. The molecule has 0 unspecified atom stereocenters. The molecule has 0 atom stereocenters. The molecule has 2 amide bonds. The molecule has 0 aliphatic carbocycles. The van der Waals surface area contributed by atoms with E-state index < -0.39 is 0 Å². The lowest BCUT2D eigenvalue weighted by Crippen LogP contribution is -2.50. The molecule has 2 aromatic carbocycles. The van der Waals surface area contributed by atoms with E-state index in [0.717, 1.165) is 5.75 Å². The summed E-state index contributed by atoms with van der Waals surface area (Å²) in [4.78, 5) is 28.6. The summed E-state index contributed by atoms with van der Waals surface area (Å²) in [7, 11) is 0. The van der Waals surface area contributed by atoms with Crippen LogP contribution in [0.3, 0.4) is 0 Å². The van der Waals surface area contributed by atoms with Crippen molar-refractivity contribution in [3.63, 3.8) is 0 Å². The maximum Gasteiger partial charge on any atom is 0.255 e. The van der Waals surface area contributed by atoms with Crippen LogP contribution >= 0.6 is 23.2 Å². The van der Waals surface area contributed by atoms with Crippen molar-refractivity contribution >= 4 is 35.0 Å². The SMILES string of the molecule is Cc1ccc(OCCCC(=O)N2CCN(C(=O)c3cc(Cl)ccc3Cl)CC2)cc1. The minimum absolute atomic E-state index is 0.0883. The van der Waals surface area contributed by atoms with Crippen LogP contribution in [-0.4, -0.2) is 54.4 Å². The van der Waals surface area contributed by atoms with Gasteiger partial charge in [0.05, 0.1) is 17.2 Å². The predicted molar refractivity (Wildman–Crippen MR) is 115 cm³/mol. The van der Waals surface area contributed by atoms with E-state index in [0.29, 0.717) is 61.2 Å². The highest BCUT2D eigenvalue weighted by atomic mass is 35.5. The maximum absolute atomic E-state index is 12.7. The third-order valence-electron chi connectivity index (χ3n) is 4.90. The summed E-state index contributed by atoms with van der Waals surface area (Å²) in [5.41, 5.74) is 1.58. The number of halogens is 2. The normalized spacial score (nSPS) is 14.0. The highest BCUT2D eigenvalue weighted by molar-refractivity contribution is 6.35. The van der Waals surface area contributed by atoms with Crippen LogP contribution in [0.2, 0.25) is 10.0 Å². The average molecular weight is 435 g/mol. The van der Waals surface area contributed by atoms with Crippen LogP contribution < -0.4 is 4.74 Å². The van der Waals surface area contributed by atoms with Crippen LogP contribution in [0.5, 0.6) is 5.75 Å². The van der Waals surface area contributed by atoms with Crippen molar-refractivity contribution in [1.29, 1.82) is 0 Å². The number of hydrogen-bond donors (Lipinski definition) is 0. The fourth-order valence-electron chi connectivity index (χ4n) is 3.20. The Morgan fingerprint density at radius 1 is 0.966 bits per heavy atom. The van der Waals surface area contributed by atoms with Crippen molar-refractivity contribution in [1.82, 2.24) is 9.80 Å². The third kappa shape index (κ3) is 5.87. The van der Waals surface area contributed by atoms with Crippen molar-refractivity contribution < 1.29 is 14.3 Å². The molecule has 1 aliphatic heterocycles. The zero-order valence-electron chi connectivity index (χ0n) is 16.4. The lowest BCUT2D eigenvalue weighted by atomic mass is 10.1. The minimum Gasteiger partial charge on any atom is -0.494 e. The molecule has 0 radical (unpaired) electrons. The summed E-state index contributed by atoms with van der Waals surface area (Å²) in [6.45, 7) is 4.52. The van der Waals surface area contributed by atoms with Crippen LogP contribution in [0, 0.1) is 6.92 Å². The Balaban J connectivity index is 1.41. The summed E-state index contributed by atoms with van der Waals surface area (Å²) in [6.07, 6.45) is 1.09. The first kappa shape index (κ1) is 21.5. The van der Waals surface area contributed by atoms with Gasteiger partial charge < -0.3 is 14.5 Å². The highest BCUT2D eigenvalue weighted by Gasteiger charge is 2.25. The quantitative estimate of drug-likeness (QED) is 0.631. The number of aryl methyl sites for hydroxylation is 1. The van der Waals surface area contributed by atoms with Gasteiger partial charge in [-0.05, 0) is 43.7 Å². The zero-order chi connectivity index (χ0) is 20.8. The van der Waals surface area contributed by atoms with E-state index in [1.807, 2.05) is 31.2 Å². The van der Waals surface area contributed by atoms with Crippen molar-refractivity contribution in [3.05, 3.63) is 63.6 Å². The second-order valence-corrected chi connectivity index (χ2v) is 7.91. The second kappa shape index (κ2) is 9.99. The molecular formula is C22H24Cl2N2O3. The lowest BCUT2D eigenvalue weighted by molar-refractivity contribution is -0.132. The molecule has 1 fully saturated rings. The number of nitrogens with zero attached hydrogens (tertiary/aromatic N) is 2. The second-order valence-electron chi connectivity index (χ2n) is 7.06. The Morgan fingerprint density at radius 2 is 1.62 bits per heavy atom. The van der Waals surface area contributed by atoms with Gasteiger partial charge in [0.25, 0.3) is 5.91 Å². The third-order valence-corrected chi connectivity index (χ3v) is 5.47. The van der Waals surface area contributed by atoms with Gasteiger partial charge in [-0.15, -0.1) is 0 Å². The molecule has 154 valence electrons. The molecule has 29 heavy (non-hydrogen) atoms. The number of hydrogen-bond acceptors (Lipinski definition) is 3. The molecular weight excluding hydrogens is 411 g/mol. The number of piperazine rings is 1. The fourth-order valence-corrected chi connectivity index (χ4v) is 3.57. The van der Waals surface area contributed by atoms with Crippen LogP contribution in [0.25, 0.3) is 0 Å². The Labute approximate surface area is 181 Å². The van der Waals surface area contributed by atoms with Crippen molar-refractivity contribution in [2.24, 2.45) is 0 Å². The molecule has 0 N–H and O–H groups in total. The smallest absolute Gasteiger partial charge is 0.255 e. The van der Waals surface area contributed by atoms with Crippen molar-refractivity contribution in [3.8, 4) is 5.75 Å². The van der Waals surface area contributed by atoms with Gasteiger partial charge in [0.2, 0.25) is 5.91 Å². The molecule has 2 aromatic rings. The van der Waals surface area contributed by atoms with Gasteiger partial charge >= 0.3 is 0 Å². The Bertz CT molecular complexity index is 863. The van der Waals surface area contributed by atoms with E-state index in [4.69, 9.17) is 27.9 Å². The first-order valence-corrected chi connectivity index (χ1v) is 10.4. The molecule has 1 saturated heterocycles. The van der Waals surface area contributed by atoms with Gasteiger partial charge in [-0.3, -0.25) is 9.59 Å². The zero-order valence-corrected chi connectivity index (χ0v) is 17.9. The van der Waals surface area contributed by atoms with Gasteiger partial charge in [-0.1, -0.05) is 40.9 Å². The standard InChI is InChI=1S/C22H24Cl2N2O3/c1-16-4-7-18(8-5-16)29-14-2-3-21(27)25-10-12-26(13-11-25)22(28)19-15-17(23)6-9-20(19)24/h4-9,15H,2-3,10-14H2,1H3. The van der Waals surface area contributed by atoms with E-state index in [-0.39, 0.29) is 11.8 Å². The Hall–Kier alpha value is -2.24. The average Bonchev–Trinajstić information content (AvgIpc) is 2.73. The van der Waals surface area contributed by atoms with Crippen LogP contribution in [0.15, 0.2) is 42.5 Å². The van der Waals surface area contributed by atoms with Gasteiger partial charge in [0, 0.05) is 37.6 Å². The minimum atomic E-state index is -0.156. The topological polar surface area (TPSA) is 49.9 Å². The predicted octanol–water partition coefficient (Wildman–Crippen LogP) is 4.45. The number of ether oxygens (including phenoxy) is 1. The number of carbonyl (C=O) groups excluding carboxylic acids is 2. The Morgan fingerprint density at radius 3 is 2.31 bits per heavy atom. The number of benzene rings is 2. The fraction of sp³-hybridized carbons (Fsp3) is 0.364. The summed E-state index contributed by atoms with van der Waals surface area (Å²) in [6, 6.07) is 12.7. The van der Waals surface area contributed by atoms with Gasteiger partial charge in [0.1, 0.15) is 5.75 Å². The molecule has 5 nitrogen and oxygen atoms in total. The first-order chi connectivity index (χ1) is 13.9. The van der Waals surface area contributed by atoms with Crippen molar-refractivity contribution in [2.75, 3.05) is 32.8 Å². The van der Waals surface area contributed by atoms with Crippen LogP contribution in [-0.2, 0) is 4.79 Å². The summed E-state index contributed by atoms with van der Waals surface area (Å²) >= 11 is 12.1. The molecule has 0 bridgehead atoms. The number of amides is 2. The van der Waals surface area contributed by atoms with Gasteiger partial charge in [-0.2, -0.15) is 0 Å². The van der Waals surface area contributed by atoms with E-state index in [1.165, 1.54) is 5.56 Å². The molecule has 1 heterocycles. The number of rotatable bonds is 6. The largest absolute Gasteiger partial charge is 0.494 e. The van der Waals surface area contributed by atoms with Crippen LogP contribution in [0.1, 0.15) is 28.8 Å². The lowest BCUT2D eigenvalue weighted by Gasteiger charge is -2.35. The van der Waals surface area contributed by atoms with Gasteiger partial charge in [0.15, 0.2) is 0 Å². The maximum atomic E-state index is 12.7. The summed E-state index contributed by atoms with van der Waals surface area (Å²) < 4.78 is 5.67. The molecule has 0 aromatic heterocycles. The van der Waals surface area contributed by atoms with E-state index in [2.05, 4.69) is 0 Å². The monoisotopic (exact) mass is 434 g/mol. The molecule has 3 rings (SSSR count). The Kier molecular flexibility index (Phi) is 7.40. The van der Waals surface area contributed by atoms with Crippen LogP contribution in [0.4, 0.5) is 0 Å². The van der Waals surface area contributed by atoms with E-state index in [9.17, 15) is 9.59 Å². The molecule has 0 saturated carbocycles. The molecule has 0 spiro atoms. The van der Waals surface area contributed by atoms with Gasteiger partial charge in [-0.25, -0.2) is 0 Å². The first-order valence-electron chi connectivity index (χ1n) is 9.65. The highest BCUT2D eigenvalue weighted by Crippen LogP contribution is 2.23. The molecule has 7 heteroatoms. The van der Waals surface area contributed by atoms with E-state index in [1.54, 1.807) is 28.0 Å².